The lowest BCUT2D eigenvalue weighted by Crippen LogP contribution is -2.25. The minimum atomic E-state index is 0.0287. The summed E-state index contributed by atoms with van der Waals surface area (Å²) in [6.45, 7) is 3.88. The molecule has 0 N–H and O–H groups in total. The summed E-state index contributed by atoms with van der Waals surface area (Å²) in [5, 5.41) is 0. The van der Waals surface area contributed by atoms with E-state index in [4.69, 9.17) is 9.72 Å². The fourth-order valence-electron chi connectivity index (χ4n) is 4.38. The highest BCUT2D eigenvalue weighted by atomic mass is 79.9. The maximum absolute atomic E-state index is 12.9. The molecule has 162 valence electrons. The Bertz CT molecular complexity index is 1280. The summed E-state index contributed by atoms with van der Waals surface area (Å²) >= 11 is 3.58. The van der Waals surface area contributed by atoms with Crippen molar-refractivity contribution in [2.24, 2.45) is 0 Å². The number of aryl methyl sites for hydroxylation is 1. The number of halogens is 1. The molecule has 1 saturated heterocycles. The van der Waals surface area contributed by atoms with Crippen molar-refractivity contribution in [1.29, 1.82) is 0 Å². The van der Waals surface area contributed by atoms with E-state index in [-0.39, 0.29) is 11.8 Å². The number of nitrogens with zero attached hydrogens (tertiary/aromatic N) is 3. The van der Waals surface area contributed by atoms with Crippen LogP contribution in [0, 0.1) is 6.92 Å². The number of ether oxygens (including phenoxy) is 1. The Balaban J connectivity index is 1.41. The van der Waals surface area contributed by atoms with E-state index in [1.165, 1.54) is 5.56 Å². The third kappa shape index (κ3) is 4.02. The van der Waals surface area contributed by atoms with Crippen molar-refractivity contribution in [3.05, 3.63) is 88.7 Å². The quantitative estimate of drug-likeness (QED) is 0.348. The Kier molecular flexibility index (Phi) is 5.70. The van der Waals surface area contributed by atoms with Crippen molar-refractivity contribution in [1.82, 2.24) is 9.55 Å². The van der Waals surface area contributed by atoms with Crippen LogP contribution in [0.15, 0.2) is 77.3 Å². The van der Waals surface area contributed by atoms with E-state index in [2.05, 4.69) is 39.6 Å². The van der Waals surface area contributed by atoms with Crippen LogP contribution < -0.4 is 9.64 Å². The van der Waals surface area contributed by atoms with Crippen LogP contribution in [0.4, 0.5) is 5.69 Å². The van der Waals surface area contributed by atoms with Crippen LogP contribution in [0.5, 0.6) is 5.75 Å². The lowest BCUT2D eigenvalue weighted by atomic mass is 10.1. The van der Waals surface area contributed by atoms with Crippen molar-refractivity contribution < 1.29 is 9.53 Å². The molecule has 32 heavy (non-hydrogen) atoms. The maximum atomic E-state index is 12.9. The summed E-state index contributed by atoms with van der Waals surface area (Å²) in [4.78, 5) is 19.7. The molecule has 2 heterocycles. The van der Waals surface area contributed by atoms with Crippen LogP contribution in [-0.4, -0.2) is 28.6 Å². The van der Waals surface area contributed by atoms with Gasteiger partial charge in [0.15, 0.2) is 0 Å². The molecule has 4 aromatic rings. The van der Waals surface area contributed by atoms with E-state index < -0.39 is 0 Å². The summed E-state index contributed by atoms with van der Waals surface area (Å²) in [6.07, 6.45) is 0.448. The molecule has 1 fully saturated rings. The first kappa shape index (κ1) is 20.8. The number of imidazole rings is 1. The Morgan fingerprint density at radius 1 is 1.06 bits per heavy atom. The molecule has 0 bridgehead atoms. The number of carbonyl (C=O) groups excluding carboxylic acids is 1. The number of para-hydroxylation sites is 3. The molecule has 1 aliphatic heterocycles. The van der Waals surface area contributed by atoms with Gasteiger partial charge in [0.25, 0.3) is 0 Å². The molecule has 6 heteroatoms. The van der Waals surface area contributed by atoms with Gasteiger partial charge in [0, 0.05) is 23.4 Å². The summed E-state index contributed by atoms with van der Waals surface area (Å²) in [6, 6.07) is 24.1. The van der Waals surface area contributed by atoms with Crippen LogP contribution in [-0.2, 0) is 11.3 Å². The second kappa shape index (κ2) is 8.79. The van der Waals surface area contributed by atoms with Crippen molar-refractivity contribution >= 4 is 38.6 Å². The van der Waals surface area contributed by atoms with Gasteiger partial charge >= 0.3 is 0 Å². The highest BCUT2D eigenvalue weighted by Gasteiger charge is 2.35. The van der Waals surface area contributed by atoms with Gasteiger partial charge in [-0.15, -0.1) is 0 Å². The maximum Gasteiger partial charge on any atom is 0.227 e. The third-order valence-corrected chi connectivity index (χ3v) is 6.56. The normalized spacial score (nSPS) is 16.1. The van der Waals surface area contributed by atoms with Crippen LogP contribution in [0.1, 0.15) is 23.7 Å². The molecule has 0 spiro atoms. The van der Waals surface area contributed by atoms with E-state index in [0.29, 0.717) is 26.1 Å². The molecule has 1 amide bonds. The van der Waals surface area contributed by atoms with Gasteiger partial charge in [-0.3, -0.25) is 4.79 Å². The average molecular weight is 490 g/mol. The molecule has 3 aromatic carbocycles. The van der Waals surface area contributed by atoms with Crippen LogP contribution in [0.3, 0.4) is 0 Å². The monoisotopic (exact) mass is 489 g/mol. The van der Waals surface area contributed by atoms with Crippen LogP contribution in [0.25, 0.3) is 11.0 Å². The molecular formula is C26H24BrN3O2. The van der Waals surface area contributed by atoms with E-state index in [9.17, 15) is 4.79 Å². The number of fused-ring (bicyclic) bond motifs is 1. The SMILES string of the molecule is Cc1cccc(OCCn2c([C@H]3CC(=O)N(c4ccccc4Br)C3)nc3ccccc32)c1. The molecule has 0 saturated carbocycles. The van der Waals surface area contributed by atoms with Crippen molar-refractivity contribution in [2.45, 2.75) is 25.8 Å². The second-order valence-corrected chi connectivity index (χ2v) is 8.99. The number of hydrogen-bond donors (Lipinski definition) is 0. The fraction of sp³-hybridized carbons (Fsp3) is 0.231. The number of rotatable bonds is 6. The molecule has 5 nitrogen and oxygen atoms in total. The number of aromatic nitrogens is 2. The average Bonchev–Trinajstić information content (AvgIpc) is 3.35. The molecule has 1 atom stereocenters. The molecular weight excluding hydrogens is 466 g/mol. The number of carbonyl (C=O) groups is 1. The van der Waals surface area contributed by atoms with Gasteiger partial charge in [0.2, 0.25) is 5.91 Å². The first-order valence-electron chi connectivity index (χ1n) is 10.8. The molecule has 0 unspecified atom stereocenters. The van der Waals surface area contributed by atoms with Crippen LogP contribution >= 0.6 is 15.9 Å². The second-order valence-electron chi connectivity index (χ2n) is 8.13. The zero-order valence-corrected chi connectivity index (χ0v) is 19.5. The van der Waals surface area contributed by atoms with E-state index in [0.717, 1.165) is 32.8 Å². The summed E-state index contributed by atoms with van der Waals surface area (Å²) < 4.78 is 9.16. The highest BCUT2D eigenvalue weighted by molar-refractivity contribution is 9.10. The fourth-order valence-corrected chi connectivity index (χ4v) is 4.88. The van der Waals surface area contributed by atoms with Gasteiger partial charge in [0.1, 0.15) is 18.2 Å². The Morgan fingerprint density at radius 3 is 2.72 bits per heavy atom. The van der Waals surface area contributed by atoms with Gasteiger partial charge in [-0.25, -0.2) is 4.98 Å². The van der Waals surface area contributed by atoms with Crippen molar-refractivity contribution in [2.75, 3.05) is 18.1 Å². The molecule has 1 aromatic heterocycles. The van der Waals surface area contributed by atoms with Gasteiger partial charge in [-0.1, -0.05) is 36.4 Å². The van der Waals surface area contributed by atoms with E-state index >= 15 is 0 Å². The third-order valence-electron chi connectivity index (χ3n) is 5.89. The van der Waals surface area contributed by atoms with Crippen molar-refractivity contribution in [3.63, 3.8) is 0 Å². The predicted molar refractivity (Wildman–Crippen MR) is 130 cm³/mol. The topological polar surface area (TPSA) is 47.4 Å². The minimum Gasteiger partial charge on any atom is -0.492 e. The van der Waals surface area contributed by atoms with Crippen LogP contribution in [0.2, 0.25) is 0 Å². The largest absolute Gasteiger partial charge is 0.492 e. The first-order chi connectivity index (χ1) is 15.6. The first-order valence-corrected chi connectivity index (χ1v) is 11.6. The zero-order valence-electron chi connectivity index (χ0n) is 17.9. The Morgan fingerprint density at radius 2 is 1.88 bits per heavy atom. The van der Waals surface area contributed by atoms with Gasteiger partial charge in [-0.2, -0.15) is 0 Å². The summed E-state index contributed by atoms with van der Waals surface area (Å²) in [5.41, 5.74) is 4.10. The lowest BCUT2D eigenvalue weighted by Gasteiger charge is -2.19. The minimum absolute atomic E-state index is 0.0287. The summed E-state index contributed by atoms with van der Waals surface area (Å²) in [5.74, 6) is 1.96. The number of hydrogen-bond acceptors (Lipinski definition) is 3. The number of anilines is 1. The molecule has 1 aliphatic rings. The number of amides is 1. The highest BCUT2D eigenvalue weighted by Crippen LogP contribution is 2.36. The predicted octanol–water partition coefficient (Wildman–Crippen LogP) is 5.71. The Hall–Kier alpha value is -3.12. The van der Waals surface area contributed by atoms with E-state index in [1.807, 2.05) is 65.6 Å². The smallest absolute Gasteiger partial charge is 0.227 e. The molecule has 0 aliphatic carbocycles. The molecule has 0 radical (unpaired) electrons. The van der Waals surface area contributed by atoms with Gasteiger partial charge < -0.3 is 14.2 Å². The lowest BCUT2D eigenvalue weighted by molar-refractivity contribution is -0.117. The molecule has 5 rings (SSSR count). The summed E-state index contributed by atoms with van der Waals surface area (Å²) in [7, 11) is 0. The zero-order chi connectivity index (χ0) is 22.1. The van der Waals surface area contributed by atoms with E-state index in [1.54, 1.807) is 0 Å². The van der Waals surface area contributed by atoms with Crippen molar-refractivity contribution in [3.8, 4) is 5.75 Å². The standard InChI is InChI=1S/C26H24BrN3O2/c1-18-7-6-8-20(15-18)32-14-13-29-24-12-5-3-10-22(24)28-26(29)19-16-25(31)30(17-19)23-11-4-2-9-21(23)27/h2-12,15,19H,13-14,16-17H2,1H3/t19-/m0/s1. The van der Waals surface area contributed by atoms with Gasteiger partial charge in [-0.05, 0) is 64.8 Å². The Labute approximate surface area is 195 Å². The van der Waals surface area contributed by atoms with Gasteiger partial charge in [0.05, 0.1) is 23.3 Å². The number of benzene rings is 3.